The Balaban J connectivity index is 2.70. The largest absolute Gasteiger partial charge is 0.476 e. The minimum Gasteiger partial charge on any atom is -0.476 e. The van der Waals surface area contributed by atoms with E-state index in [-0.39, 0.29) is 11.3 Å². The van der Waals surface area contributed by atoms with Crippen molar-refractivity contribution in [2.75, 3.05) is 5.73 Å². The van der Waals surface area contributed by atoms with Crippen LogP contribution in [0.15, 0.2) is 12.1 Å². The van der Waals surface area contributed by atoms with Crippen LogP contribution in [-0.4, -0.2) is 21.0 Å². The Kier molecular flexibility index (Phi) is 4.16. The van der Waals surface area contributed by atoms with E-state index in [4.69, 9.17) is 22.4 Å². The quantitative estimate of drug-likeness (QED) is 0.809. The van der Waals surface area contributed by atoms with E-state index in [1.165, 1.54) is 6.92 Å². The predicted octanol–water partition coefficient (Wildman–Crippen LogP) is 3.54. The number of alkyl halides is 3. The van der Waals surface area contributed by atoms with Gasteiger partial charge in [0.25, 0.3) is 0 Å². The van der Waals surface area contributed by atoms with Crippen molar-refractivity contribution in [2.45, 2.75) is 13.1 Å². The minimum absolute atomic E-state index is 0.124. The van der Waals surface area contributed by atoms with E-state index in [0.29, 0.717) is 6.07 Å². The SMILES string of the molecule is Cc1nc(C(F)(F)F)ccc1-c1nc(C(=O)O)c(Cl)c(N)c1F. The average Bonchev–Trinajstić information content (AvgIpc) is 2.44. The normalized spacial score (nSPS) is 11.6. The van der Waals surface area contributed by atoms with Gasteiger partial charge in [-0.25, -0.2) is 19.2 Å². The predicted molar refractivity (Wildman–Crippen MR) is 73.5 cm³/mol. The first kappa shape index (κ1) is 16.9. The number of carboxylic acid groups (broad SMARTS) is 1. The molecule has 2 aromatic heterocycles. The third-order valence-electron chi connectivity index (χ3n) is 2.95. The molecule has 0 amide bonds. The molecule has 0 saturated heterocycles. The lowest BCUT2D eigenvalue weighted by molar-refractivity contribution is -0.141. The fraction of sp³-hybridized carbons (Fsp3) is 0.154. The molecular formula is C13H8ClF4N3O2. The van der Waals surface area contributed by atoms with E-state index < -0.39 is 45.8 Å². The van der Waals surface area contributed by atoms with Gasteiger partial charge in [-0.05, 0) is 19.1 Å². The molecule has 0 fully saturated rings. The van der Waals surface area contributed by atoms with E-state index in [1.54, 1.807) is 0 Å². The van der Waals surface area contributed by atoms with Gasteiger partial charge in [0.2, 0.25) is 0 Å². The van der Waals surface area contributed by atoms with Crippen LogP contribution in [0.2, 0.25) is 5.02 Å². The first-order chi connectivity index (χ1) is 10.5. The number of anilines is 1. The van der Waals surface area contributed by atoms with Gasteiger partial charge < -0.3 is 10.8 Å². The van der Waals surface area contributed by atoms with Crippen molar-refractivity contribution in [2.24, 2.45) is 0 Å². The van der Waals surface area contributed by atoms with Crippen LogP contribution in [-0.2, 0) is 6.18 Å². The lowest BCUT2D eigenvalue weighted by Gasteiger charge is -2.12. The molecule has 0 unspecified atom stereocenters. The molecule has 2 rings (SSSR count). The number of nitrogens with zero attached hydrogens (tertiary/aromatic N) is 2. The number of pyridine rings is 2. The molecule has 0 aliphatic heterocycles. The summed E-state index contributed by atoms with van der Waals surface area (Å²) in [5.41, 5.74) is 2.01. The highest BCUT2D eigenvalue weighted by Crippen LogP contribution is 2.35. The molecular weight excluding hydrogens is 342 g/mol. The summed E-state index contributed by atoms with van der Waals surface area (Å²) < 4.78 is 52.0. The highest BCUT2D eigenvalue weighted by atomic mass is 35.5. The van der Waals surface area contributed by atoms with Crippen molar-refractivity contribution in [3.8, 4) is 11.3 Å². The van der Waals surface area contributed by atoms with Crippen LogP contribution in [0.3, 0.4) is 0 Å². The summed E-state index contributed by atoms with van der Waals surface area (Å²) in [5.74, 6) is -2.69. The first-order valence-corrected chi connectivity index (χ1v) is 6.34. The molecule has 122 valence electrons. The second kappa shape index (κ2) is 5.65. The van der Waals surface area contributed by atoms with Gasteiger partial charge in [-0.2, -0.15) is 13.2 Å². The van der Waals surface area contributed by atoms with Gasteiger partial charge >= 0.3 is 12.1 Å². The summed E-state index contributed by atoms with van der Waals surface area (Å²) in [4.78, 5) is 17.9. The lowest BCUT2D eigenvalue weighted by atomic mass is 10.1. The van der Waals surface area contributed by atoms with Crippen molar-refractivity contribution in [1.82, 2.24) is 9.97 Å². The second-order valence-corrected chi connectivity index (χ2v) is 4.86. The third-order valence-corrected chi connectivity index (χ3v) is 3.33. The fourth-order valence-corrected chi connectivity index (χ4v) is 2.06. The van der Waals surface area contributed by atoms with Gasteiger partial charge in [-0.1, -0.05) is 11.6 Å². The van der Waals surface area contributed by atoms with Crippen LogP contribution >= 0.6 is 11.6 Å². The highest BCUT2D eigenvalue weighted by Gasteiger charge is 2.33. The molecule has 0 radical (unpaired) electrons. The summed E-state index contributed by atoms with van der Waals surface area (Å²) in [6, 6.07) is 1.57. The Bertz CT molecular complexity index is 809. The number of carboxylic acids is 1. The molecule has 0 aromatic carbocycles. The Labute approximate surface area is 131 Å². The van der Waals surface area contributed by atoms with Crippen molar-refractivity contribution in [3.05, 3.63) is 40.1 Å². The minimum atomic E-state index is -4.67. The van der Waals surface area contributed by atoms with Crippen molar-refractivity contribution in [3.63, 3.8) is 0 Å². The Morgan fingerprint density at radius 3 is 2.39 bits per heavy atom. The molecule has 0 bridgehead atoms. The van der Waals surface area contributed by atoms with Crippen LogP contribution in [0.4, 0.5) is 23.2 Å². The molecule has 0 aliphatic rings. The van der Waals surface area contributed by atoms with Crippen molar-refractivity contribution >= 4 is 23.3 Å². The number of halogens is 5. The number of nitrogen functional groups attached to an aromatic ring is 1. The molecule has 10 heteroatoms. The Hall–Kier alpha value is -2.42. The van der Waals surface area contributed by atoms with Gasteiger partial charge in [0.15, 0.2) is 11.5 Å². The van der Waals surface area contributed by atoms with Gasteiger partial charge in [-0.15, -0.1) is 0 Å². The van der Waals surface area contributed by atoms with Crippen LogP contribution < -0.4 is 5.73 Å². The zero-order chi connectivity index (χ0) is 17.5. The molecule has 23 heavy (non-hydrogen) atoms. The summed E-state index contributed by atoms with van der Waals surface area (Å²) in [6.45, 7) is 1.21. The Morgan fingerprint density at radius 1 is 1.30 bits per heavy atom. The van der Waals surface area contributed by atoms with Crippen LogP contribution in [0.5, 0.6) is 0 Å². The van der Waals surface area contributed by atoms with E-state index in [9.17, 15) is 22.4 Å². The number of aryl methyl sites for hydroxylation is 1. The van der Waals surface area contributed by atoms with Crippen molar-refractivity contribution in [1.29, 1.82) is 0 Å². The summed E-state index contributed by atoms with van der Waals surface area (Å²) >= 11 is 5.61. The lowest BCUT2D eigenvalue weighted by Crippen LogP contribution is -2.11. The van der Waals surface area contributed by atoms with E-state index in [0.717, 1.165) is 6.07 Å². The number of hydrogen-bond donors (Lipinski definition) is 2. The third kappa shape index (κ3) is 3.04. The fourth-order valence-electron chi connectivity index (χ4n) is 1.85. The molecule has 0 atom stereocenters. The van der Waals surface area contributed by atoms with E-state index in [1.807, 2.05) is 0 Å². The second-order valence-electron chi connectivity index (χ2n) is 4.48. The van der Waals surface area contributed by atoms with Crippen LogP contribution in [0, 0.1) is 12.7 Å². The number of rotatable bonds is 2. The standard InChI is InChI=1S/C13H8ClF4N3O2/c1-4-5(2-3-6(20-4)13(16,17)18)10-8(15)9(19)7(14)11(21-10)12(22)23/h2-3H,1H3,(H2,19,21)(H,22,23). The molecule has 2 heterocycles. The molecule has 0 saturated carbocycles. The maximum atomic E-state index is 14.2. The summed E-state index contributed by atoms with van der Waals surface area (Å²) in [7, 11) is 0. The average molecular weight is 350 g/mol. The maximum Gasteiger partial charge on any atom is 0.433 e. The highest BCUT2D eigenvalue weighted by molar-refractivity contribution is 6.35. The number of hydrogen-bond acceptors (Lipinski definition) is 4. The molecule has 0 aliphatic carbocycles. The van der Waals surface area contributed by atoms with Crippen LogP contribution in [0.25, 0.3) is 11.3 Å². The zero-order valence-electron chi connectivity index (χ0n) is 11.4. The van der Waals surface area contributed by atoms with E-state index in [2.05, 4.69) is 9.97 Å². The smallest absolute Gasteiger partial charge is 0.433 e. The number of aromatic carboxylic acids is 1. The molecule has 2 aromatic rings. The van der Waals surface area contributed by atoms with Gasteiger partial charge in [0.1, 0.15) is 11.4 Å². The van der Waals surface area contributed by atoms with Crippen molar-refractivity contribution < 1.29 is 27.5 Å². The summed E-state index contributed by atoms with van der Waals surface area (Å²) in [6.07, 6.45) is -4.67. The number of carbonyl (C=O) groups is 1. The van der Waals surface area contributed by atoms with Gasteiger partial charge in [0, 0.05) is 11.3 Å². The topological polar surface area (TPSA) is 89.1 Å². The van der Waals surface area contributed by atoms with Gasteiger partial charge in [-0.3, -0.25) is 0 Å². The monoisotopic (exact) mass is 349 g/mol. The molecule has 0 spiro atoms. The number of nitrogens with two attached hydrogens (primary N) is 1. The number of aromatic nitrogens is 2. The zero-order valence-corrected chi connectivity index (χ0v) is 12.1. The first-order valence-electron chi connectivity index (χ1n) is 5.97. The molecule has 5 nitrogen and oxygen atoms in total. The van der Waals surface area contributed by atoms with Crippen LogP contribution in [0.1, 0.15) is 21.9 Å². The van der Waals surface area contributed by atoms with E-state index >= 15 is 0 Å². The Morgan fingerprint density at radius 2 is 1.91 bits per heavy atom. The maximum absolute atomic E-state index is 14.2. The summed E-state index contributed by atoms with van der Waals surface area (Å²) in [5, 5.41) is 8.40. The van der Waals surface area contributed by atoms with Gasteiger partial charge in [0.05, 0.1) is 10.7 Å². The molecule has 3 N–H and O–H groups in total.